The van der Waals surface area contributed by atoms with Crippen molar-refractivity contribution >= 4 is 109 Å². The summed E-state index contributed by atoms with van der Waals surface area (Å²) in [5, 5.41) is 13.1. The number of nitrogens with zero attached hydrogens (tertiary/aromatic N) is 4. The molecule has 15 aromatic rings. The normalized spacial score (nSPS) is 12.2. The molecule has 0 aliphatic heterocycles. The predicted octanol–water partition coefficient (Wildman–Crippen LogP) is 16.0. The summed E-state index contributed by atoms with van der Waals surface area (Å²) in [4.78, 5) is 16.2. The van der Waals surface area contributed by atoms with Crippen LogP contribution in [-0.2, 0) is 0 Å². The van der Waals surface area contributed by atoms with Crippen molar-refractivity contribution < 1.29 is 13.3 Å². The summed E-state index contributed by atoms with van der Waals surface area (Å²) in [5.74, 6) is 1.54. The molecule has 0 aliphatic rings. The SMILES string of the molecule is c1ccc2c(c1)ccc1oc3ccc(-c4cccc5c6ccc7ccccc7c6n(-c6nc(-c7ccc8c(c7)oc7ccccc78)nc(-c7ccc8c(c7)oc7ccccc78)n6)c45)cc3c12. The van der Waals surface area contributed by atoms with Gasteiger partial charge in [-0.05, 0) is 76.3 Å². The van der Waals surface area contributed by atoms with E-state index >= 15 is 0 Å². The maximum atomic E-state index is 6.48. The van der Waals surface area contributed by atoms with E-state index in [1.165, 1.54) is 5.39 Å². The van der Waals surface area contributed by atoms with Crippen LogP contribution in [0.15, 0.2) is 207 Å². The molecule has 0 N–H and O–H groups in total. The fourth-order valence-corrected chi connectivity index (χ4v) is 10.4. The van der Waals surface area contributed by atoms with Gasteiger partial charge in [0.05, 0.1) is 11.0 Å². The summed E-state index contributed by atoms with van der Waals surface area (Å²) < 4.78 is 21.6. The van der Waals surface area contributed by atoms with Gasteiger partial charge in [0.1, 0.15) is 33.5 Å². The van der Waals surface area contributed by atoms with Crippen molar-refractivity contribution in [3.63, 3.8) is 0 Å². The van der Waals surface area contributed by atoms with E-state index in [2.05, 4.69) is 150 Å². The molecule has 7 heteroatoms. The van der Waals surface area contributed by atoms with Gasteiger partial charge in [0.15, 0.2) is 11.6 Å². The largest absolute Gasteiger partial charge is 0.456 e. The Kier molecular flexibility index (Phi) is 7.10. The highest BCUT2D eigenvalue weighted by atomic mass is 16.3. The lowest BCUT2D eigenvalue weighted by molar-refractivity contribution is 0.668. The van der Waals surface area contributed by atoms with Gasteiger partial charge in [0.25, 0.3) is 0 Å². The number of hydrogen-bond acceptors (Lipinski definition) is 6. The van der Waals surface area contributed by atoms with E-state index < -0.39 is 0 Å². The van der Waals surface area contributed by atoms with Crippen LogP contribution in [0.2, 0.25) is 0 Å². The topological polar surface area (TPSA) is 83.0 Å². The van der Waals surface area contributed by atoms with Crippen LogP contribution in [0, 0.1) is 0 Å². The van der Waals surface area contributed by atoms with Gasteiger partial charge in [-0.25, -0.2) is 4.98 Å². The van der Waals surface area contributed by atoms with Crippen molar-refractivity contribution in [2.24, 2.45) is 0 Å². The van der Waals surface area contributed by atoms with E-state index in [1.54, 1.807) is 0 Å². The first-order valence-corrected chi connectivity index (χ1v) is 22.1. The maximum absolute atomic E-state index is 6.48. The zero-order chi connectivity index (χ0) is 43.0. The minimum absolute atomic E-state index is 0.494. The molecule has 306 valence electrons. The van der Waals surface area contributed by atoms with E-state index in [1.807, 2.05) is 48.5 Å². The molecule has 15 rings (SSSR count). The molecule has 5 aromatic heterocycles. The molecule has 0 fully saturated rings. The Labute approximate surface area is 374 Å². The van der Waals surface area contributed by atoms with Crippen LogP contribution < -0.4 is 0 Å². The smallest absolute Gasteiger partial charge is 0.238 e. The zero-order valence-corrected chi connectivity index (χ0v) is 35.0. The summed E-state index contributed by atoms with van der Waals surface area (Å²) in [6.07, 6.45) is 0. The average Bonchev–Trinajstić information content (AvgIpc) is 4.14. The van der Waals surface area contributed by atoms with Gasteiger partial charge in [-0.2, -0.15) is 9.97 Å². The van der Waals surface area contributed by atoms with Crippen LogP contribution in [-0.4, -0.2) is 19.5 Å². The number of fused-ring (bicyclic) bond motifs is 16. The maximum Gasteiger partial charge on any atom is 0.238 e. The first kappa shape index (κ1) is 35.4. The number of hydrogen-bond donors (Lipinski definition) is 0. The molecule has 0 bridgehead atoms. The van der Waals surface area contributed by atoms with Crippen LogP contribution in [0.25, 0.3) is 149 Å². The molecule has 0 saturated heterocycles. The second kappa shape index (κ2) is 13.2. The number of rotatable bonds is 4. The van der Waals surface area contributed by atoms with Gasteiger partial charge in [0.2, 0.25) is 5.95 Å². The second-order valence-electron chi connectivity index (χ2n) is 17.1. The predicted molar refractivity (Wildman–Crippen MR) is 267 cm³/mol. The number of aromatic nitrogens is 4. The lowest BCUT2D eigenvalue weighted by atomic mass is 9.98. The fraction of sp³-hybridized carbons (Fsp3) is 0. The first-order chi connectivity index (χ1) is 32.7. The van der Waals surface area contributed by atoms with E-state index in [9.17, 15) is 0 Å². The minimum atomic E-state index is 0.494. The molecule has 0 radical (unpaired) electrons. The van der Waals surface area contributed by atoms with Crippen LogP contribution >= 0.6 is 0 Å². The zero-order valence-electron chi connectivity index (χ0n) is 35.0. The van der Waals surface area contributed by atoms with Crippen LogP contribution in [0.4, 0.5) is 0 Å². The van der Waals surface area contributed by atoms with Crippen LogP contribution in [0.3, 0.4) is 0 Å². The molecule has 0 amide bonds. The highest BCUT2D eigenvalue weighted by Gasteiger charge is 2.24. The molecule has 0 saturated carbocycles. The Morgan fingerprint density at radius 1 is 0.303 bits per heavy atom. The molecular weight excluding hydrogens is 813 g/mol. The van der Waals surface area contributed by atoms with E-state index in [-0.39, 0.29) is 0 Å². The van der Waals surface area contributed by atoms with E-state index in [0.29, 0.717) is 17.6 Å². The van der Waals surface area contributed by atoms with Gasteiger partial charge in [-0.1, -0.05) is 140 Å². The number of para-hydroxylation sites is 3. The van der Waals surface area contributed by atoms with Crippen molar-refractivity contribution in [3.05, 3.63) is 194 Å². The molecule has 0 spiro atoms. The fourth-order valence-electron chi connectivity index (χ4n) is 10.4. The quantitative estimate of drug-likeness (QED) is 0.175. The molecule has 5 heterocycles. The Morgan fingerprint density at radius 2 is 0.803 bits per heavy atom. The third-order valence-electron chi connectivity index (χ3n) is 13.4. The Morgan fingerprint density at radius 3 is 1.52 bits per heavy atom. The van der Waals surface area contributed by atoms with Crippen LogP contribution in [0.1, 0.15) is 0 Å². The molecule has 10 aromatic carbocycles. The number of benzene rings is 10. The summed E-state index contributed by atoms with van der Waals surface area (Å²) in [7, 11) is 0. The summed E-state index contributed by atoms with van der Waals surface area (Å²) in [6.45, 7) is 0. The van der Waals surface area contributed by atoms with Crippen molar-refractivity contribution in [1.82, 2.24) is 19.5 Å². The minimum Gasteiger partial charge on any atom is -0.456 e. The third-order valence-corrected chi connectivity index (χ3v) is 13.4. The molecule has 7 nitrogen and oxygen atoms in total. The molecule has 0 aliphatic carbocycles. The lowest BCUT2D eigenvalue weighted by Gasteiger charge is -2.14. The summed E-state index contributed by atoms with van der Waals surface area (Å²) in [5.41, 5.74) is 10.6. The van der Waals surface area contributed by atoms with Gasteiger partial charge in [-0.3, -0.25) is 4.57 Å². The van der Waals surface area contributed by atoms with Crippen molar-refractivity contribution in [1.29, 1.82) is 0 Å². The van der Waals surface area contributed by atoms with Crippen molar-refractivity contribution in [3.8, 4) is 39.9 Å². The first-order valence-electron chi connectivity index (χ1n) is 22.1. The van der Waals surface area contributed by atoms with Gasteiger partial charge in [-0.15, -0.1) is 0 Å². The van der Waals surface area contributed by atoms with Crippen molar-refractivity contribution in [2.45, 2.75) is 0 Å². The summed E-state index contributed by atoms with van der Waals surface area (Å²) in [6, 6.07) is 67.5. The van der Waals surface area contributed by atoms with Gasteiger partial charge in [0, 0.05) is 65.2 Å². The highest BCUT2D eigenvalue weighted by molar-refractivity contribution is 6.22. The average molecular weight is 845 g/mol. The lowest BCUT2D eigenvalue weighted by Crippen LogP contribution is -2.07. The standard InChI is InChI=1S/C59H32N4O3/c1-3-12-38-33(10-1)23-29-51-54(38)47-30-35(24-28-50(47)64-51)40-16-9-17-45-46-27-20-34-11-2-4-13-39(34)55(46)63(56(40)45)59-61-57(36-21-25-43-41-14-5-7-18-48(41)65-52(43)31-36)60-58(62-59)37-22-26-44-42-15-6-8-19-49(42)66-53(44)32-37/h1-32H. The van der Waals surface area contributed by atoms with Crippen LogP contribution in [0.5, 0.6) is 0 Å². The van der Waals surface area contributed by atoms with E-state index in [0.717, 1.165) is 126 Å². The monoisotopic (exact) mass is 844 g/mol. The molecule has 0 atom stereocenters. The molecule has 0 unspecified atom stereocenters. The molecule has 66 heavy (non-hydrogen) atoms. The highest BCUT2D eigenvalue weighted by Crippen LogP contribution is 2.43. The molecular formula is C59H32N4O3. The second-order valence-corrected chi connectivity index (χ2v) is 17.1. The van der Waals surface area contributed by atoms with E-state index in [4.69, 9.17) is 28.2 Å². The number of furan rings is 3. The Bertz CT molecular complexity index is 4420. The Hall–Kier alpha value is -9.07. The van der Waals surface area contributed by atoms with Gasteiger partial charge >= 0.3 is 0 Å². The van der Waals surface area contributed by atoms with Crippen molar-refractivity contribution in [2.75, 3.05) is 0 Å². The summed E-state index contributed by atoms with van der Waals surface area (Å²) >= 11 is 0. The Balaban J connectivity index is 1.04. The van der Waals surface area contributed by atoms with Gasteiger partial charge < -0.3 is 13.3 Å². The third kappa shape index (κ3) is 5.05.